The third kappa shape index (κ3) is 3.53. The topological polar surface area (TPSA) is 84.9 Å². The van der Waals surface area contributed by atoms with Crippen LogP contribution in [-0.2, 0) is 15.0 Å². The van der Waals surface area contributed by atoms with Gasteiger partial charge in [0.05, 0.1) is 26.2 Å². The van der Waals surface area contributed by atoms with E-state index in [2.05, 4.69) is 5.32 Å². The van der Waals surface area contributed by atoms with E-state index in [0.29, 0.717) is 22.7 Å². The van der Waals surface area contributed by atoms with E-state index >= 15 is 0 Å². The molecular weight excluding hydrogens is 504 g/mol. The second-order valence-electron chi connectivity index (χ2n) is 11.6. The standard InChI is InChI=1S/C33H32N2O5/c1-32(2,3)30(37)28-27(29(36)19-10-13-21(39-4)14-11-19)33(23-8-6-7-9-24(23)34-31(33)38)26-17-12-20-18-22(40-5)15-16-25(20)35(26)28/h6-18,26-28H,1-5H3,(H,34,38)/t26-,27+,28+,33-/m1/s1. The first-order valence-electron chi connectivity index (χ1n) is 13.4. The van der Waals surface area contributed by atoms with Gasteiger partial charge in [0, 0.05) is 27.9 Å². The molecule has 6 rings (SSSR count). The fourth-order valence-electron chi connectivity index (χ4n) is 6.66. The number of para-hydroxylation sites is 1. The summed E-state index contributed by atoms with van der Waals surface area (Å²) in [7, 11) is 3.18. The number of Topliss-reactive ketones (excluding diaryl/α,β-unsaturated/α-hetero) is 2. The number of nitrogens with zero attached hydrogens (tertiary/aromatic N) is 1. The molecule has 0 bridgehead atoms. The van der Waals surface area contributed by atoms with E-state index < -0.39 is 28.8 Å². The van der Waals surface area contributed by atoms with Gasteiger partial charge in [0.15, 0.2) is 11.6 Å². The van der Waals surface area contributed by atoms with Crippen LogP contribution in [-0.4, -0.2) is 43.8 Å². The van der Waals surface area contributed by atoms with Crippen molar-refractivity contribution in [3.8, 4) is 11.5 Å². The molecule has 1 spiro atoms. The number of hydrogen-bond acceptors (Lipinski definition) is 6. The van der Waals surface area contributed by atoms with Crippen molar-refractivity contribution in [3.05, 3.63) is 89.5 Å². The number of hydrogen-bond donors (Lipinski definition) is 1. The lowest BCUT2D eigenvalue weighted by Gasteiger charge is -2.38. The summed E-state index contributed by atoms with van der Waals surface area (Å²) in [6, 6.07) is 18.6. The molecule has 4 atom stereocenters. The summed E-state index contributed by atoms with van der Waals surface area (Å²) in [5.41, 5.74) is 1.37. The van der Waals surface area contributed by atoms with Crippen LogP contribution in [0.2, 0.25) is 0 Å². The van der Waals surface area contributed by atoms with Crippen molar-refractivity contribution in [3.63, 3.8) is 0 Å². The predicted octanol–water partition coefficient (Wildman–Crippen LogP) is 5.29. The maximum absolute atomic E-state index is 14.7. The number of amides is 1. The minimum absolute atomic E-state index is 0.101. The van der Waals surface area contributed by atoms with Gasteiger partial charge in [0.2, 0.25) is 5.91 Å². The first-order valence-corrected chi connectivity index (χ1v) is 13.4. The number of benzene rings is 3. The van der Waals surface area contributed by atoms with Crippen molar-refractivity contribution in [1.82, 2.24) is 0 Å². The van der Waals surface area contributed by atoms with E-state index in [4.69, 9.17) is 9.47 Å². The minimum Gasteiger partial charge on any atom is -0.497 e. The van der Waals surface area contributed by atoms with Gasteiger partial charge in [-0.05, 0) is 54.1 Å². The molecule has 40 heavy (non-hydrogen) atoms. The van der Waals surface area contributed by atoms with Crippen LogP contribution < -0.4 is 19.7 Å². The molecule has 1 saturated heterocycles. The summed E-state index contributed by atoms with van der Waals surface area (Å²) in [6.07, 6.45) is 3.93. The summed E-state index contributed by atoms with van der Waals surface area (Å²) in [4.78, 5) is 45.5. The van der Waals surface area contributed by atoms with Crippen molar-refractivity contribution in [2.75, 3.05) is 24.4 Å². The highest BCUT2D eigenvalue weighted by Crippen LogP contribution is 2.58. The third-order valence-electron chi connectivity index (χ3n) is 8.50. The van der Waals surface area contributed by atoms with Crippen molar-refractivity contribution in [1.29, 1.82) is 0 Å². The summed E-state index contributed by atoms with van der Waals surface area (Å²) in [5, 5.41) is 3.06. The monoisotopic (exact) mass is 536 g/mol. The summed E-state index contributed by atoms with van der Waals surface area (Å²) >= 11 is 0. The second kappa shape index (κ2) is 9.08. The fourth-order valence-corrected chi connectivity index (χ4v) is 6.66. The molecule has 3 aromatic rings. The summed E-state index contributed by atoms with van der Waals surface area (Å²) in [6.45, 7) is 5.59. The Labute approximate surface area is 233 Å². The molecule has 0 saturated carbocycles. The predicted molar refractivity (Wildman–Crippen MR) is 154 cm³/mol. The third-order valence-corrected chi connectivity index (χ3v) is 8.50. The highest BCUT2D eigenvalue weighted by molar-refractivity contribution is 6.17. The zero-order valence-corrected chi connectivity index (χ0v) is 23.2. The van der Waals surface area contributed by atoms with Gasteiger partial charge in [0.1, 0.15) is 23.0 Å². The lowest BCUT2D eigenvalue weighted by atomic mass is 9.63. The molecule has 1 amide bonds. The van der Waals surface area contributed by atoms with Gasteiger partial charge >= 0.3 is 0 Å². The Hall–Kier alpha value is -4.39. The zero-order valence-electron chi connectivity index (χ0n) is 23.2. The molecule has 1 fully saturated rings. The van der Waals surface area contributed by atoms with E-state index in [1.807, 2.05) is 80.3 Å². The number of carbonyl (C=O) groups excluding carboxylic acids is 3. The molecule has 3 heterocycles. The Kier molecular flexibility index (Phi) is 5.87. The molecular formula is C33H32N2O5. The quantitative estimate of drug-likeness (QED) is 0.446. The lowest BCUT2D eigenvalue weighted by Crippen LogP contribution is -2.51. The van der Waals surface area contributed by atoms with Crippen LogP contribution in [0, 0.1) is 11.3 Å². The summed E-state index contributed by atoms with van der Waals surface area (Å²) < 4.78 is 10.8. The van der Waals surface area contributed by atoms with Crippen molar-refractivity contribution in [2.24, 2.45) is 11.3 Å². The molecule has 204 valence electrons. The van der Waals surface area contributed by atoms with Crippen LogP contribution in [0.1, 0.15) is 42.3 Å². The molecule has 7 heteroatoms. The van der Waals surface area contributed by atoms with Gasteiger partial charge in [-0.25, -0.2) is 0 Å². The molecule has 0 aliphatic carbocycles. The Balaban J connectivity index is 1.65. The maximum Gasteiger partial charge on any atom is 0.238 e. The van der Waals surface area contributed by atoms with E-state index in [9.17, 15) is 14.4 Å². The van der Waals surface area contributed by atoms with Gasteiger partial charge < -0.3 is 19.7 Å². The molecule has 3 aromatic carbocycles. The van der Waals surface area contributed by atoms with E-state index in [-0.39, 0.29) is 17.5 Å². The van der Waals surface area contributed by atoms with E-state index in [1.165, 1.54) is 0 Å². The molecule has 0 aromatic heterocycles. The number of ether oxygens (including phenoxy) is 2. The van der Waals surface area contributed by atoms with Gasteiger partial charge in [-0.3, -0.25) is 14.4 Å². The van der Waals surface area contributed by atoms with Crippen LogP contribution in [0.5, 0.6) is 11.5 Å². The van der Waals surface area contributed by atoms with Crippen LogP contribution in [0.15, 0.2) is 72.8 Å². The van der Waals surface area contributed by atoms with Crippen LogP contribution in [0.3, 0.4) is 0 Å². The highest BCUT2D eigenvalue weighted by atomic mass is 16.5. The number of nitrogens with one attached hydrogen (secondary N) is 1. The van der Waals surface area contributed by atoms with Crippen LogP contribution >= 0.6 is 0 Å². The number of rotatable bonds is 5. The Morgan fingerprint density at radius 3 is 2.27 bits per heavy atom. The number of methoxy groups -OCH3 is 2. The number of carbonyl (C=O) groups is 3. The molecule has 0 unspecified atom stereocenters. The molecule has 1 N–H and O–H groups in total. The normalized spacial score (nSPS) is 24.3. The SMILES string of the molecule is COc1ccc(C(=O)[C@@H]2[C@@H](C(=O)C(C)(C)C)N3c4ccc(OC)cc4C=C[C@@H]3[C@@]23C(=O)Nc2ccccc23)cc1. The first kappa shape index (κ1) is 25.9. The van der Waals surface area contributed by atoms with Crippen LogP contribution in [0.25, 0.3) is 6.08 Å². The van der Waals surface area contributed by atoms with Crippen molar-refractivity contribution < 1.29 is 23.9 Å². The molecule has 0 radical (unpaired) electrons. The number of fused-ring (bicyclic) bond motifs is 6. The minimum atomic E-state index is -1.33. The van der Waals surface area contributed by atoms with Gasteiger partial charge in [-0.1, -0.05) is 51.1 Å². The van der Waals surface area contributed by atoms with Crippen LogP contribution in [0.4, 0.5) is 11.4 Å². The summed E-state index contributed by atoms with van der Waals surface area (Å²) in [5.74, 6) is -0.317. The largest absolute Gasteiger partial charge is 0.497 e. The van der Waals surface area contributed by atoms with Gasteiger partial charge in [-0.15, -0.1) is 0 Å². The smallest absolute Gasteiger partial charge is 0.238 e. The first-order chi connectivity index (χ1) is 19.1. The number of ketones is 2. The van der Waals surface area contributed by atoms with Crippen molar-refractivity contribution in [2.45, 2.75) is 38.3 Å². The Morgan fingerprint density at radius 2 is 1.60 bits per heavy atom. The fraction of sp³-hybridized carbons (Fsp3) is 0.303. The molecule has 3 aliphatic heterocycles. The van der Waals surface area contributed by atoms with E-state index in [1.54, 1.807) is 38.5 Å². The zero-order chi connectivity index (χ0) is 28.4. The number of anilines is 2. The average molecular weight is 537 g/mol. The Morgan fingerprint density at radius 1 is 0.925 bits per heavy atom. The Bertz CT molecular complexity index is 1570. The maximum atomic E-state index is 14.7. The van der Waals surface area contributed by atoms with Gasteiger partial charge in [-0.2, -0.15) is 0 Å². The average Bonchev–Trinajstić information content (AvgIpc) is 3.43. The highest BCUT2D eigenvalue weighted by Gasteiger charge is 2.70. The van der Waals surface area contributed by atoms with Crippen molar-refractivity contribution >= 4 is 34.9 Å². The van der Waals surface area contributed by atoms with Gasteiger partial charge in [0.25, 0.3) is 0 Å². The lowest BCUT2D eigenvalue weighted by molar-refractivity contribution is -0.128. The molecule has 7 nitrogen and oxygen atoms in total. The molecule has 3 aliphatic rings. The second-order valence-corrected chi connectivity index (χ2v) is 11.6. The van der Waals surface area contributed by atoms with E-state index in [0.717, 1.165) is 16.8 Å².